The van der Waals surface area contributed by atoms with Crippen molar-refractivity contribution in [3.8, 4) is 11.5 Å². The highest BCUT2D eigenvalue weighted by atomic mass is 35.5. The topological polar surface area (TPSA) is 77.8 Å². The second kappa shape index (κ2) is 8.92. The van der Waals surface area contributed by atoms with Crippen molar-refractivity contribution in [3.63, 3.8) is 0 Å². The molecule has 7 nitrogen and oxygen atoms in total. The van der Waals surface area contributed by atoms with Gasteiger partial charge in [-0.05, 0) is 78.7 Å². The van der Waals surface area contributed by atoms with Gasteiger partial charge in [-0.1, -0.05) is 11.6 Å². The maximum atomic E-state index is 13.7. The zero-order valence-electron chi connectivity index (χ0n) is 19.1. The Morgan fingerprint density at radius 3 is 1.97 bits per heavy atom. The number of carbonyl (C=O) groups is 3. The van der Waals surface area contributed by atoms with E-state index < -0.39 is 11.8 Å². The van der Waals surface area contributed by atoms with E-state index in [1.165, 1.54) is 16.6 Å². The maximum absolute atomic E-state index is 13.7. The number of halogens is 1. The summed E-state index contributed by atoms with van der Waals surface area (Å²) in [6, 6.07) is 18.4. The Morgan fingerprint density at radius 2 is 1.40 bits per heavy atom. The average Bonchev–Trinajstić information content (AvgIpc) is 3.22. The first-order chi connectivity index (χ1) is 16.9. The van der Waals surface area contributed by atoms with Crippen LogP contribution in [0.4, 0.5) is 0 Å². The molecule has 0 saturated carbocycles. The fourth-order valence-corrected chi connectivity index (χ4v) is 4.59. The summed E-state index contributed by atoms with van der Waals surface area (Å²) in [6.07, 6.45) is 0.405. The van der Waals surface area contributed by atoms with Crippen molar-refractivity contribution in [1.29, 1.82) is 0 Å². The molecule has 4 aromatic rings. The summed E-state index contributed by atoms with van der Waals surface area (Å²) in [6.45, 7) is 0.194. The number of ether oxygens (including phenoxy) is 2. The molecule has 0 saturated heterocycles. The van der Waals surface area contributed by atoms with E-state index in [1.807, 2.05) is 0 Å². The Bertz CT molecular complexity index is 1470. The van der Waals surface area contributed by atoms with E-state index in [0.717, 1.165) is 5.39 Å². The molecule has 176 valence electrons. The number of methoxy groups -OCH3 is 2. The van der Waals surface area contributed by atoms with E-state index in [4.69, 9.17) is 21.1 Å². The molecular weight excluding hydrogens is 468 g/mol. The number of amides is 2. The molecule has 0 unspecified atom stereocenters. The molecule has 1 aliphatic heterocycles. The van der Waals surface area contributed by atoms with Gasteiger partial charge < -0.3 is 9.47 Å². The van der Waals surface area contributed by atoms with Crippen LogP contribution in [0.3, 0.4) is 0 Å². The van der Waals surface area contributed by atoms with Crippen molar-refractivity contribution in [1.82, 2.24) is 9.47 Å². The van der Waals surface area contributed by atoms with Crippen LogP contribution in [-0.4, -0.2) is 48.0 Å². The molecule has 35 heavy (non-hydrogen) atoms. The lowest BCUT2D eigenvalue weighted by atomic mass is 10.0. The van der Waals surface area contributed by atoms with Crippen molar-refractivity contribution in [2.24, 2.45) is 0 Å². The first kappa shape index (κ1) is 22.7. The molecule has 0 spiro atoms. The first-order valence-corrected chi connectivity index (χ1v) is 11.3. The van der Waals surface area contributed by atoms with Crippen LogP contribution in [0.25, 0.3) is 10.9 Å². The molecule has 0 bridgehead atoms. The third kappa shape index (κ3) is 3.84. The van der Waals surface area contributed by atoms with Gasteiger partial charge in [0.2, 0.25) is 0 Å². The van der Waals surface area contributed by atoms with Crippen molar-refractivity contribution >= 4 is 40.2 Å². The van der Waals surface area contributed by atoms with Gasteiger partial charge in [-0.15, -0.1) is 0 Å². The average molecular weight is 489 g/mol. The van der Waals surface area contributed by atoms with Crippen LogP contribution in [0.15, 0.2) is 66.7 Å². The standard InChI is InChI=1S/C27H21ClN2O5/c1-34-19-8-3-16(4-9-19)25(31)29-14-13-21-22-15-18(28)7-12-23(22)30(24(21)27(29)33)26(32)17-5-10-20(35-2)11-6-17/h3-12,15H,13-14H2,1-2H3. The third-order valence-corrected chi connectivity index (χ3v) is 6.42. The number of hydrogen-bond donors (Lipinski definition) is 0. The van der Waals surface area contributed by atoms with Crippen LogP contribution in [0.1, 0.15) is 36.8 Å². The van der Waals surface area contributed by atoms with Gasteiger partial charge in [0.1, 0.15) is 17.2 Å². The van der Waals surface area contributed by atoms with Gasteiger partial charge in [0, 0.05) is 28.1 Å². The number of imide groups is 1. The summed E-state index contributed by atoms with van der Waals surface area (Å²) < 4.78 is 11.7. The monoisotopic (exact) mass is 488 g/mol. The highest BCUT2D eigenvalue weighted by molar-refractivity contribution is 6.31. The second-order valence-electron chi connectivity index (χ2n) is 8.10. The lowest BCUT2D eigenvalue weighted by Crippen LogP contribution is -2.43. The van der Waals surface area contributed by atoms with Crippen molar-refractivity contribution in [3.05, 3.63) is 94.1 Å². The Balaban J connectivity index is 1.62. The highest BCUT2D eigenvalue weighted by Crippen LogP contribution is 2.34. The van der Waals surface area contributed by atoms with E-state index in [0.29, 0.717) is 45.1 Å². The molecule has 2 amide bonds. The molecule has 0 aliphatic carbocycles. The number of benzene rings is 3. The summed E-state index contributed by atoms with van der Waals surface area (Å²) in [5, 5.41) is 1.22. The quantitative estimate of drug-likeness (QED) is 0.384. The second-order valence-corrected chi connectivity index (χ2v) is 8.53. The van der Waals surface area contributed by atoms with Crippen LogP contribution >= 0.6 is 11.6 Å². The number of nitrogens with zero attached hydrogens (tertiary/aromatic N) is 2. The zero-order chi connectivity index (χ0) is 24.7. The minimum Gasteiger partial charge on any atom is -0.497 e. The normalized spacial score (nSPS) is 13.0. The summed E-state index contributed by atoms with van der Waals surface area (Å²) in [4.78, 5) is 41.8. The van der Waals surface area contributed by atoms with Gasteiger partial charge in [-0.3, -0.25) is 23.9 Å². The largest absolute Gasteiger partial charge is 0.497 e. The Morgan fingerprint density at radius 1 is 0.829 bits per heavy atom. The van der Waals surface area contributed by atoms with Crippen LogP contribution in [0.2, 0.25) is 5.02 Å². The minimum atomic E-state index is -0.527. The Hall–Kier alpha value is -4.10. The lowest BCUT2D eigenvalue weighted by Gasteiger charge is -2.26. The van der Waals surface area contributed by atoms with E-state index in [1.54, 1.807) is 73.8 Å². The summed E-state index contributed by atoms with van der Waals surface area (Å²) in [5.41, 5.74) is 2.18. The van der Waals surface area contributed by atoms with Gasteiger partial charge in [0.15, 0.2) is 0 Å². The summed E-state index contributed by atoms with van der Waals surface area (Å²) >= 11 is 6.25. The van der Waals surface area contributed by atoms with Crippen LogP contribution in [-0.2, 0) is 6.42 Å². The van der Waals surface area contributed by atoms with Crippen molar-refractivity contribution in [2.75, 3.05) is 20.8 Å². The van der Waals surface area contributed by atoms with Crippen LogP contribution < -0.4 is 9.47 Å². The lowest BCUT2D eigenvalue weighted by molar-refractivity contribution is 0.0593. The fraction of sp³-hybridized carbons (Fsp3) is 0.148. The van der Waals surface area contributed by atoms with E-state index >= 15 is 0 Å². The highest BCUT2D eigenvalue weighted by Gasteiger charge is 2.36. The summed E-state index contributed by atoms with van der Waals surface area (Å²) in [5.74, 6) is -0.124. The minimum absolute atomic E-state index is 0.177. The Kier molecular flexibility index (Phi) is 5.78. The third-order valence-electron chi connectivity index (χ3n) is 6.19. The van der Waals surface area contributed by atoms with Gasteiger partial charge in [-0.2, -0.15) is 0 Å². The predicted molar refractivity (Wildman–Crippen MR) is 132 cm³/mol. The molecule has 1 aliphatic rings. The molecule has 3 aromatic carbocycles. The molecule has 1 aromatic heterocycles. The molecular formula is C27H21ClN2O5. The number of rotatable bonds is 4. The molecule has 0 atom stereocenters. The molecule has 5 rings (SSSR count). The number of carbonyl (C=O) groups excluding carboxylic acids is 3. The molecule has 8 heteroatoms. The Labute approximate surface area is 206 Å². The van der Waals surface area contributed by atoms with Crippen molar-refractivity contribution in [2.45, 2.75) is 6.42 Å². The number of hydrogen-bond acceptors (Lipinski definition) is 5. The predicted octanol–water partition coefficient (Wildman–Crippen LogP) is 4.84. The zero-order valence-corrected chi connectivity index (χ0v) is 19.8. The van der Waals surface area contributed by atoms with Crippen LogP contribution in [0, 0.1) is 0 Å². The molecule has 0 radical (unpaired) electrons. The molecule has 0 N–H and O–H groups in total. The number of aromatic nitrogens is 1. The molecule has 0 fully saturated rings. The van der Waals surface area contributed by atoms with E-state index in [2.05, 4.69) is 0 Å². The maximum Gasteiger partial charge on any atom is 0.278 e. The van der Waals surface area contributed by atoms with Gasteiger partial charge >= 0.3 is 0 Å². The van der Waals surface area contributed by atoms with Crippen LogP contribution in [0.5, 0.6) is 11.5 Å². The SMILES string of the molecule is COc1ccc(C(=O)N2CCc3c(n(C(=O)c4ccc(OC)cc4)c4ccc(Cl)cc34)C2=O)cc1. The molecule has 2 heterocycles. The van der Waals surface area contributed by atoms with E-state index in [-0.39, 0.29) is 18.1 Å². The van der Waals surface area contributed by atoms with E-state index in [9.17, 15) is 14.4 Å². The van der Waals surface area contributed by atoms with Gasteiger partial charge in [-0.25, -0.2) is 0 Å². The van der Waals surface area contributed by atoms with Crippen molar-refractivity contribution < 1.29 is 23.9 Å². The smallest absolute Gasteiger partial charge is 0.278 e. The number of fused-ring (bicyclic) bond motifs is 3. The van der Waals surface area contributed by atoms with Gasteiger partial charge in [0.25, 0.3) is 17.7 Å². The van der Waals surface area contributed by atoms with Gasteiger partial charge in [0.05, 0.1) is 19.7 Å². The fourth-order valence-electron chi connectivity index (χ4n) is 4.42. The first-order valence-electron chi connectivity index (χ1n) is 10.9. The summed E-state index contributed by atoms with van der Waals surface area (Å²) in [7, 11) is 3.08.